The van der Waals surface area contributed by atoms with Crippen LogP contribution in [0.15, 0.2) is 47.4 Å². The number of aryl methyl sites for hydroxylation is 3. The molecule has 134 valence electrons. The molecule has 0 heterocycles. The zero-order valence-corrected chi connectivity index (χ0v) is 15.9. The largest absolute Gasteiger partial charge is 0.311 e. The first-order valence-electron chi connectivity index (χ1n) is 8.12. The van der Waals surface area contributed by atoms with Gasteiger partial charge in [0.15, 0.2) is 0 Å². The summed E-state index contributed by atoms with van der Waals surface area (Å²) in [4.78, 5) is 13.8. The van der Waals surface area contributed by atoms with Gasteiger partial charge in [0.25, 0.3) is 0 Å². The second-order valence-corrected chi connectivity index (χ2v) is 7.91. The molecule has 6 heteroatoms. The predicted octanol–water partition coefficient (Wildman–Crippen LogP) is 2.94. The predicted molar refractivity (Wildman–Crippen MR) is 100 cm³/mol. The molecule has 0 spiro atoms. The summed E-state index contributed by atoms with van der Waals surface area (Å²) in [5.41, 5.74) is 3.52. The van der Waals surface area contributed by atoms with E-state index in [1.54, 1.807) is 24.0 Å². The minimum absolute atomic E-state index is 0.128. The number of carbonyl (C=O) groups is 1. The van der Waals surface area contributed by atoms with Crippen LogP contribution >= 0.6 is 0 Å². The summed E-state index contributed by atoms with van der Waals surface area (Å²) in [7, 11) is -3.61. The molecule has 0 aliphatic carbocycles. The van der Waals surface area contributed by atoms with Crippen molar-refractivity contribution in [2.75, 3.05) is 18.0 Å². The molecule has 0 bridgehead atoms. The van der Waals surface area contributed by atoms with Crippen molar-refractivity contribution in [2.24, 2.45) is 0 Å². The second kappa shape index (κ2) is 7.80. The van der Waals surface area contributed by atoms with E-state index < -0.39 is 10.0 Å². The molecule has 5 nitrogen and oxygen atoms in total. The summed E-state index contributed by atoms with van der Waals surface area (Å²) in [6.45, 7) is 7.53. The Hall–Kier alpha value is -2.18. The number of hydrogen-bond donors (Lipinski definition) is 1. The van der Waals surface area contributed by atoms with E-state index in [-0.39, 0.29) is 23.9 Å². The van der Waals surface area contributed by atoms with Crippen LogP contribution in [-0.2, 0) is 14.8 Å². The highest BCUT2D eigenvalue weighted by Gasteiger charge is 2.18. The summed E-state index contributed by atoms with van der Waals surface area (Å²) in [6.07, 6.45) is 0. The third kappa shape index (κ3) is 4.90. The number of sulfonamides is 1. The van der Waals surface area contributed by atoms with Gasteiger partial charge in [-0.3, -0.25) is 4.79 Å². The van der Waals surface area contributed by atoms with Crippen LogP contribution in [0.2, 0.25) is 0 Å². The summed E-state index contributed by atoms with van der Waals surface area (Å²) in [5.74, 6) is -0.128. The standard InChI is InChI=1S/C19H24N2O3S/c1-14-6-5-7-18(13-14)21(17(4)22)11-10-20-25(23,24)19-9-8-15(2)12-16(19)3/h5-9,12-13,20H,10-11H2,1-4H3. The Kier molecular flexibility index (Phi) is 5.98. The van der Waals surface area contributed by atoms with Gasteiger partial charge in [0.05, 0.1) is 4.90 Å². The van der Waals surface area contributed by atoms with E-state index in [4.69, 9.17) is 0 Å². The first-order valence-corrected chi connectivity index (χ1v) is 9.61. The fraction of sp³-hybridized carbons (Fsp3) is 0.316. The molecule has 0 aliphatic heterocycles. The quantitative estimate of drug-likeness (QED) is 0.861. The third-order valence-corrected chi connectivity index (χ3v) is 5.56. The van der Waals surface area contributed by atoms with E-state index in [2.05, 4.69) is 4.72 Å². The molecular weight excluding hydrogens is 336 g/mol. The molecule has 2 rings (SSSR count). The number of hydrogen-bond acceptors (Lipinski definition) is 3. The SMILES string of the molecule is CC(=O)N(CCNS(=O)(=O)c1ccc(C)cc1C)c1cccc(C)c1. The Bertz CT molecular complexity index is 876. The summed E-state index contributed by atoms with van der Waals surface area (Å²) in [6, 6.07) is 12.8. The van der Waals surface area contributed by atoms with Gasteiger partial charge >= 0.3 is 0 Å². The van der Waals surface area contributed by atoms with Crippen LogP contribution in [0.5, 0.6) is 0 Å². The number of anilines is 1. The maximum Gasteiger partial charge on any atom is 0.240 e. The lowest BCUT2D eigenvalue weighted by atomic mass is 10.2. The van der Waals surface area contributed by atoms with Crippen LogP contribution in [0.4, 0.5) is 5.69 Å². The van der Waals surface area contributed by atoms with E-state index in [0.717, 1.165) is 16.8 Å². The van der Waals surface area contributed by atoms with Crippen molar-refractivity contribution in [3.8, 4) is 0 Å². The van der Waals surface area contributed by atoms with E-state index in [9.17, 15) is 13.2 Å². The van der Waals surface area contributed by atoms with Crippen LogP contribution in [0.25, 0.3) is 0 Å². The zero-order valence-electron chi connectivity index (χ0n) is 15.0. The van der Waals surface area contributed by atoms with Gasteiger partial charge in [-0.15, -0.1) is 0 Å². The van der Waals surface area contributed by atoms with Crippen molar-refractivity contribution in [3.05, 3.63) is 59.2 Å². The van der Waals surface area contributed by atoms with Crippen molar-refractivity contribution in [1.82, 2.24) is 4.72 Å². The van der Waals surface area contributed by atoms with Crippen molar-refractivity contribution in [1.29, 1.82) is 0 Å². The maximum atomic E-state index is 12.5. The van der Waals surface area contributed by atoms with Gasteiger partial charge < -0.3 is 4.90 Å². The van der Waals surface area contributed by atoms with Crippen LogP contribution < -0.4 is 9.62 Å². The number of rotatable bonds is 6. The fourth-order valence-electron chi connectivity index (χ4n) is 2.73. The van der Waals surface area contributed by atoms with E-state index in [1.807, 2.05) is 44.2 Å². The molecule has 0 unspecified atom stereocenters. The average Bonchev–Trinajstić information content (AvgIpc) is 2.50. The molecule has 1 N–H and O–H groups in total. The lowest BCUT2D eigenvalue weighted by Crippen LogP contribution is -2.37. The molecule has 0 radical (unpaired) electrons. The van der Waals surface area contributed by atoms with E-state index in [1.165, 1.54) is 6.92 Å². The minimum atomic E-state index is -3.61. The first kappa shape index (κ1) is 19.1. The van der Waals surface area contributed by atoms with Gasteiger partial charge in [0, 0.05) is 25.7 Å². The zero-order chi connectivity index (χ0) is 18.6. The van der Waals surface area contributed by atoms with Crippen molar-refractivity contribution >= 4 is 21.6 Å². The Morgan fingerprint density at radius 1 is 1.04 bits per heavy atom. The molecule has 0 fully saturated rings. The molecule has 0 aromatic heterocycles. The van der Waals surface area contributed by atoms with Gasteiger partial charge in [-0.25, -0.2) is 13.1 Å². The first-order chi connectivity index (χ1) is 11.7. The number of benzene rings is 2. The monoisotopic (exact) mass is 360 g/mol. The van der Waals surface area contributed by atoms with Crippen LogP contribution in [0.1, 0.15) is 23.6 Å². The Balaban J connectivity index is 2.10. The normalized spacial score (nSPS) is 11.4. The molecule has 1 amide bonds. The minimum Gasteiger partial charge on any atom is -0.311 e. The van der Waals surface area contributed by atoms with Gasteiger partial charge in [0.1, 0.15) is 0 Å². The number of amides is 1. The topological polar surface area (TPSA) is 66.5 Å². The Morgan fingerprint density at radius 2 is 1.72 bits per heavy atom. The molecular formula is C19H24N2O3S. The highest BCUT2D eigenvalue weighted by atomic mass is 32.2. The summed E-state index contributed by atoms with van der Waals surface area (Å²) < 4.78 is 27.6. The van der Waals surface area contributed by atoms with Crippen LogP contribution in [0.3, 0.4) is 0 Å². The molecule has 0 atom stereocenters. The van der Waals surface area contributed by atoms with Gasteiger partial charge in [-0.1, -0.05) is 29.8 Å². The molecule has 0 saturated heterocycles. The van der Waals surface area contributed by atoms with Crippen LogP contribution in [0, 0.1) is 20.8 Å². The molecule has 0 saturated carbocycles. The van der Waals surface area contributed by atoms with E-state index in [0.29, 0.717) is 5.56 Å². The average molecular weight is 360 g/mol. The summed E-state index contributed by atoms with van der Waals surface area (Å²) >= 11 is 0. The van der Waals surface area contributed by atoms with Gasteiger partial charge in [-0.2, -0.15) is 0 Å². The van der Waals surface area contributed by atoms with Crippen LogP contribution in [-0.4, -0.2) is 27.4 Å². The highest BCUT2D eigenvalue weighted by molar-refractivity contribution is 7.89. The molecule has 2 aromatic carbocycles. The molecule has 2 aromatic rings. The fourth-order valence-corrected chi connectivity index (χ4v) is 3.98. The van der Waals surface area contributed by atoms with Crippen molar-refractivity contribution in [3.63, 3.8) is 0 Å². The molecule has 0 aliphatic rings. The van der Waals surface area contributed by atoms with Crippen molar-refractivity contribution < 1.29 is 13.2 Å². The molecule has 25 heavy (non-hydrogen) atoms. The lowest BCUT2D eigenvalue weighted by molar-refractivity contribution is -0.116. The highest BCUT2D eigenvalue weighted by Crippen LogP contribution is 2.17. The Labute approximate surface area is 149 Å². The van der Waals surface area contributed by atoms with Gasteiger partial charge in [0.2, 0.25) is 15.9 Å². The lowest BCUT2D eigenvalue weighted by Gasteiger charge is -2.22. The maximum absolute atomic E-state index is 12.5. The number of nitrogens with zero attached hydrogens (tertiary/aromatic N) is 1. The second-order valence-electron chi connectivity index (χ2n) is 6.18. The smallest absolute Gasteiger partial charge is 0.240 e. The van der Waals surface area contributed by atoms with Gasteiger partial charge in [-0.05, 0) is 50.1 Å². The summed E-state index contributed by atoms with van der Waals surface area (Å²) in [5, 5.41) is 0. The number of carbonyl (C=O) groups excluding carboxylic acids is 1. The number of nitrogens with one attached hydrogen (secondary N) is 1. The Morgan fingerprint density at radius 3 is 2.32 bits per heavy atom. The third-order valence-electron chi connectivity index (χ3n) is 3.94. The van der Waals surface area contributed by atoms with E-state index >= 15 is 0 Å². The van der Waals surface area contributed by atoms with Crippen molar-refractivity contribution in [2.45, 2.75) is 32.6 Å².